The van der Waals surface area contributed by atoms with E-state index in [9.17, 15) is 10.5 Å². The average molecular weight is 1220 g/mol. The van der Waals surface area contributed by atoms with Crippen molar-refractivity contribution in [3.8, 4) is 125 Å². The molecule has 442 valence electrons. The van der Waals surface area contributed by atoms with E-state index in [0.717, 1.165) is 94.9 Å². The van der Waals surface area contributed by atoms with Crippen molar-refractivity contribution in [2.24, 2.45) is 0 Å². The van der Waals surface area contributed by atoms with Crippen LogP contribution in [0.5, 0.6) is 0 Å². The first-order valence-electron chi connectivity index (χ1n) is 30.6. The SMILES string of the molecule is N#Cc1cc(-n2c3cc(-c4cccc(-c5ccccc5)n4)ccc3c3ccc(-c4cccc(-c5ccccc5)n4)cc32)c(-c2c(C#N)cccc2C(F)(F)F)cc1-n1c2cc(-c3cccc(-c4ccccc4)n3)ccc2c2ccc(-c3cccc(-c4ccccc4)n3)cc21. The lowest BCUT2D eigenvalue weighted by atomic mass is 9.91. The van der Waals surface area contributed by atoms with Crippen LogP contribution in [0.4, 0.5) is 13.2 Å². The minimum Gasteiger partial charge on any atom is -0.309 e. The molecule has 0 atom stereocenters. The third kappa shape index (κ3) is 10.1. The first-order chi connectivity index (χ1) is 46.1. The Labute approximate surface area is 538 Å². The lowest BCUT2D eigenvalue weighted by Crippen LogP contribution is -2.11. The monoisotopic (exact) mass is 1210 g/mol. The lowest BCUT2D eigenvalue weighted by Gasteiger charge is -2.22. The molecule has 16 rings (SSSR count). The van der Waals surface area contributed by atoms with Gasteiger partial charge >= 0.3 is 6.18 Å². The van der Waals surface area contributed by atoms with E-state index in [1.165, 1.54) is 12.1 Å². The highest BCUT2D eigenvalue weighted by Crippen LogP contribution is 2.47. The highest BCUT2D eigenvalue weighted by molar-refractivity contribution is 6.13. The zero-order valence-corrected chi connectivity index (χ0v) is 50.0. The van der Waals surface area contributed by atoms with Gasteiger partial charge in [0.2, 0.25) is 0 Å². The summed E-state index contributed by atoms with van der Waals surface area (Å²) in [4.78, 5) is 20.6. The van der Waals surface area contributed by atoms with Crippen molar-refractivity contribution >= 4 is 43.6 Å². The number of alkyl halides is 3. The van der Waals surface area contributed by atoms with E-state index in [2.05, 4.69) is 12.1 Å². The summed E-state index contributed by atoms with van der Waals surface area (Å²) in [6.45, 7) is 0. The maximum Gasteiger partial charge on any atom is 0.417 e. The van der Waals surface area contributed by atoms with Crippen molar-refractivity contribution in [2.45, 2.75) is 6.18 Å². The summed E-state index contributed by atoms with van der Waals surface area (Å²) in [6, 6.07) is 99.0. The van der Waals surface area contributed by atoms with Gasteiger partial charge in [-0.3, -0.25) is 0 Å². The zero-order valence-electron chi connectivity index (χ0n) is 50.0. The van der Waals surface area contributed by atoms with Gasteiger partial charge in [0.05, 0.1) is 102 Å². The molecule has 0 aliphatic rings. The van der Waals surface area contributed by atoms with Crippen LogP contribution >= 0.6 is 0 Å². The highest BCUT2D eigenvalue weighted by Gasteiger charge is 2.37. The molecule has 0 unspecified atom stereocenters. The van der Waals surface area contributed by atoms with E-state index >= 15 is 13.2 Å². The topological polar surface area (TPSA) is 109 Å². The van der Waals surface area contributed by atoms with E-state index in [0.29, 0.717) is 44.8 Å². The second-order valence-corrected chi connectivity index (χ2v) is 23.0. The highest BCUT2D eigenvalue weighted by atomic mass is 19.4. The molecular weight excluding hydrogens is 1170 g/mol. The minimum absolute atomic E-state index is 0.0539. The van der Waals surface area contributed by atoms with E-state index < -0.39 is 11.7 Å². The Kier molecular flexibility index (Phi) is 13.9. The molecule has 16 aromatic rings. The van der Waals surface area contributed by atoms with Gasteiger partial charge in [-0.25, -0.2) is 19.9 Å². The number of halogens is 3. The molecule has 0 saturated carbocycles. The van der Waals surface area contributed by atoms with Crippen molar-refractivity contribution < 1.29 is 13.2 Å². The maximum absolute atomic E-state index is 16.2. The third-order valence-corrected chi connectivity index (χ3v) is 17.5. The molecule has 8 nitrogen and oxygen atoms in total. The Morgan fingerprint density at radius 3 is 0.883 bits per heavy atom. The first-order valence-corrected chi connectivity index (χ1v) is 30.6. The van der Waals surface area contributed by atoms with E-state index in [-0.39, 0.29) is 33.6 Å². The Hall–Kier alpha value is -12.8. The van der Waals surface area contributed by atoms with Gasteiger partial charge in [-0.2, -0.15) is 23.7 Å². The molecule has 94 heavy (non-hydrogen) atoms. The lowest BCUT2D eigenvalue weighted by molar-refractivity contribution is -0.137. The van der Waals surface area contributed by atoms with Crippen LogP contribution in [0.1, 0.15) is 16.7 Å². The van der Waals surface area contributed by atoms with Gasteiger partial charge in [0, 0.05) is 77.2 Å². The molecule has 11 heteroatoms. The summed E-state index contributed by atoms with van der Waals surface area (Å²) in [6.07, 6.45) is -4.95. The van der Waals surface area contributed by atoms with Crippen molar-refractivity contribution in [2.75, 3.05) is 0 Å². The Morgan fingerprint density at radius 2 is 0.574 bits per heavy atom. The van der Waals surface area contributed by atoms with Crippen molar-refractivity contribution in [3.63, 3.8) is 0 Å². The maximum atomic E-state index is 16.2. The summed E-state index contributed by atoms with van der Waals surface area (Å²) in [5.74, 6) is 0. The van der Waals surface area contributed by atoms with Gasteiger partial charge in [0.25, 0.3) is 0 Å². The second kappa shape index (κ2) is 23.2. The number of nitrogens with zero attached hydrogens (tertiary/aromatic N) is 8. The fourth-order valence-corrected chi connectivity index (χ4v) is 13.1. The fourth-order valence-electron chi connectivity index (χ4n) is 13.1. The number of fused-ring (bicyclic) bond motifs is 6. The number of nitriles is 2. The molecule has 6 heterocycles. The zero-order chi connectivity index (χ0) is 63.4. The molecule has 10 aromatic carbocycles. The smallest absolute Gasteiger partial charge is 0.309 e. The fraction of sp³-hybridized carbons (Fsp3) is 0.0120. The quantitative estimate of drug-likeness (QED) is 0.128. The molecule has 0 aliphatic carbocycles. The third-order valence-electron chi connectivity index (χ3n) is 17.5. The predicted molar refractivity (Wildman–Crippen MR) is 370 cm³/mol. The number of aromatic nitrogens is 6. The molecule has 0 aliphatic heterocycles. The number of pyridine rings is 4. The molecule has 0 bridgehead atoms. The van der Waals surface area contributed by atoms with Crippen molar-refractivity contribution in [3.05, 3.63) is 314 Å². The standard InChI is InChI=1S/C83H49F3N8/c84-83(85,86)67-27-13-26-60(50-87)82(67)66-49-76(93-77-44-56(72-32-14-28-68(89-72)52-18-5-1-6-19-52)36-40-62(77)63-41-37-57(45-78(63)93)73-33-15-29-69(90-73)53-20-7-2-8-21-53)61(51-88)48-81(66)94-79-46-58(74-34-16-30-70(91-74)54-22-9-3-10-23-54)38-42-64(79)65-43-39-59(47-80(65)94)75-35-17-31-71(92-75)55-24-11-4-12-25-55/h1-49H. The number of benzene rings is 10. The van der Waals surface area contributed by atoms with Crippen molar-refractivity contribution in [1.82, 2.24) is 29.1 Å². The molecule has 0 N–H and O–H groups in total. The molecule has 0 radical (unpaired) electrons. The van der Waals surface area contributed by atoms with Gasteiger partial charge in [0.1, 0.15) is 6.07 Å². The summed E-state index contributed by atoms with van der Waals surface area (Å²) >= 11 is 0. The van der Waals surface area contributed by atoms with Crippen LogP contribution in [0.25, 0.3) is 156 Å². The Bertz CT molecular complexity index is 5470. The number of rotatable bonds is 11. The molecule has 0 amide bonds. The Morgan fingerprint density at radius 1 is 0.277 bits per heavy atom. The second-order valence-electron chi connectivity index (χ2n) is 23.0. The molecule has 0 spiro atoms. The van der Waals surface area contributed by atoms with Gasteiger partial charge in [-0.15, -0.1) is 0 Å². The van der Waals surface area contributed by atoms with Crippen LogP contribution < -0.4 is 0 Å². The van der Waals surface area contributed by atoms with E-state index in [1.807, 2.05) is 276 Å². The molecule has 6 aromatic heterocycles. The van der Waals surface area contributed by atoms with Crippen LogP contribution in [0, 0.1) is 22.7 Å². The average Bonchev–Trinajstić information content (AvgIpc) is 1.72. The first kappa shape index (κ1) is 56.4. The van der Waals surface area contributed by atoms with E-state index in [4.69, 9.17) is 19.9 Å². The van der Waals surface area contributed by atoms with Crippen LogP contribution in [-0.4, -0.2) is 29.1 Å². The Balaban J connectivity index is 1.00. The van der Waals surface area contributed by atoms with Crippen LogP contribution in [0.3, 0.4) is 0 Å². The van der Waals surface area contributed by atoms with Gasteiger partial charge < -0.3 is 9.13 Å². The van der Waals surface area contributed by atoms with E-state index in [1.54, 1.807) is 12.1 Å². The van der Waals surface area contributed by atoms with Crippen LogP contribution in [0.15, 0.2) is 297 Å². The number of hydrogen-bond donors (Lipinski definition) is 0. The summed E-state index contributed by atoms with van der Waals surface area (Å²) in [5, 5.41) is 26.3. The normalized spacial score (nSPS) is 11.5. The summed E-state index contributed by atoms with van der Waals surface area (Å²) < 4.78 is 52.6. The largest absolute Gasteiger partial charge is 0.417 e. The summed E-state index contributed by atoms with van der Waals surface area (Å²) in [7, 11) is 0. The molecule has 0 saturated heterocycles. The molecule has 0 fully saturated rings. The van der Waals surface area contributed by atoms with Gasteiger partial charge in [-0.1, -0.05) is 200 Å². The number of hydrogen-bond acceptors (Lipinski definition) is 6. The minimum atomic E-state index is -4.95. The summed E-state index contributed by atoms with van der Waals surface area (Å²) in [5.41, 5.74) is 14.2. The van der Waals surface area contributed by atoms with Crippen LogP contribution in [0.2, 0.25) is 0 Å². The predicted octanol–water partition coefficient (Wildman–Crippen LogP) is 21.2. The van der Waals surface area contributed by atoms with Gasteiger partial charge in [-0.05, 0) is 97.1 Å². The van der Waals surface area contributed by atoms with Crippen molar-refractivity contribution in [1.29, 1.82) is 10.5 Å². The molecular formula is C83H49F3N8. The van der Waals surface area contributed by atoms with Crippen LogP contribution in [-0.2, 0) is 6.18 Å². The van der Waals surface area contributed by atoms with Gasteiger partial charge in [0.15, 0.2) is 0 Å².